The van der Waals surface area contributed by atoms with Crippen molar-refractivity contribution in [3.63, 3.8) is 0 Å². The molecule has 0 saturated carbocycles. The second kappa shape index (κ2) is 5.79. The Balaban J connectivity index is 2.30. The molecule has 0 spiro atoms. The summed E-state index contributed by atoms with van der Waals surface area (Å²) < 4.78 is 28.1. The van der Waals surface area contributed by atoms with Crippen LogP contribution >= 0.6 is 0 Å². The van der Waals surface area contributed by atoms with Crippen molar-refractivity contribution in [1.82, 2.24) is 4.31 Å². The lowest BCUT2D eigenvalue weighted by atomic mass is 10.2. The molecule has 0 bridgehead atoms. The highest BCUT2D eigenvalue weighted by atomic mass is 32.2. The Hall–Kier alpha value is -1.27. The first kappa shape index (κ1) is 14.1. The maximum atomic E-state index is 12.6. The van der Waals surface area contributed by atoms with Gasteiger partial charge in [-0.3, -0.25) is 4.31 Å². The Morgan fingerprint density at radius 3 is 2.53 bits per heavy atom. The first-order valence-electron chi connectivity index (χ1n) is 6.62. The lowest BCUT2D eigenvalue weighted by molar-refractivity contribution is 0.345. The summed E-state index contributed by atoms with van der Waals surface area (Å²) in [5.41, 5.74) is 0.507. The molecule has 19 heavy (non-hydrogen) atoms. The third-order valence-corrected chi connectivity index (χ3v) is 5.37. The van der Waals surface area contributed by atoms with E-state index < -0.39 is 10.2 Å². The van der Waals surface area contributed by atoms with Crippen LogP contribution in [0.5, 0.6) is 5.75 Å². The quantitative estimate of drug-likeness (QED) is 0.919. The summed E-state index contributed by atoms with van der Waals surface area (Å²) >= 11 is 0. The van der Waals surface area contributed by atoms with Crippen LogP contribution < -0.4 is 4.31 Å². The van der Waals surface area contributed by atoms with Gasteiger partial charge in [0.15, 0.2) is 0 Å². The van der Waals surface area contributed by atoms with Gasteiger partial charge in [-0.1, -0.05) is 12.5 Å². The van der Waals surface area contributed by atoms with Gasteiger partial charge >= 0.3 is 10.2 Å². The molecule has 1 fully saturated rings. The van der Waals surface area contributed by atoms with Crippen molar-refractivity contribution in [1.29, 1.82) is 0 Å². The molecule has 1 heterocycles. The smallest absolute Gasteiger partial charge is 0.304 e. The van der Waals surface area contributed by atoms with Crippen molar-refractivity contribution in [2.45, 2.75) is 26.2 Å². The monoisotopic (exact) mass is 284 g/mol. The van der Waals surface area contributed by atoms with E-state index in [1.165, 1.54) is 20.7 Å². The predicted molar refractivity (Wildman–Crippen MR) is 75.5 cm³/mol. The number of hydrogen-bond acceptors (Lipinski definition) is 3. The van der Waals surface area contributed by atoms with E-state index in [0.29, 0.717) is 25.3 Å². The summed E-state index contributed by atoms with van der Waals surface area (Å²) in [7, 11) is -3.49. The van der Waals surface area contributed by atoms with Crippen LogP contribution in [0.1, 0.15) is 26.2 Å². The molecule has 0 radical (unpaired) electrons. The van der Waals surface area contributed by atoms with Crippen LogP contribution in [0.3, 0.4) is 0 Å². The van der Waals surface area contributed by atoms with Crippen molar-refractivity contribution in [2.75, 3.05) is 23.9 Å². The minimum absolute atomic E-state index is 0.0739. The molecule has 2 rings (SSSR count). The van der Waals surface area contributed by atoms with E-state index in [-0.39, 0.29) is 5.75 Å². The maximum absolute atomic E-state index is 12.6. The van der Waals surface area contributed by atoms with Crippen LogP contribution in [0, 0.1) is 0 Å². The first-order valence-corrected chi connectivity index (χ1v) is 8.02. The number of phenols is 1. The fourth-order valence-corrected chi connectivity index (χ4v) is 4.07. The van der Waals surface area contributed by atoms with Gasteiger partial charge in [0.1, 0.15) is 5.75 Å². The van der Waals surface area contributed by atoms with E-state index in [1.807, 2.05) is 0 Å². The van der Waals surface area contributed by atoms with Crippen molar-refractivity contribution < 1.29 is 13.5 Å². The fraction of sp³-hybridized carbons (Fsp3) is 0.538. The summed E-state index contributed by atoms with van der Waals surface area (Å²) in [4.78, 5) is 0. The molecule has 0 atom stereocenters. The zero-order valence-electron chi connectivity index (χ0n) is 11.1. The van der Waals surface area contributed by atoms with Crippen molar-refractivity contribution in [3.8, 4) is 5.75 Å². The largest absolute Gasteiger partial charge is 0.508 e. The molecule has 1 aromatic rings. The van der Waals surface area contributed by atoms with Crippen molar-refractivity contribution in [2.24, 2.45) is 0 Å². The number of rotatable bonds is 4. The molecule has 1 aliphatic rings. The van der Waals surface area contributed by atoms with E-state index in [2.05, 4.69) is 0 Å². The minimum atomic E-state index is -3.49. The van der Waals surface area contributed by atoms with Gasteiger partial charge in [-0.25, -0.2) is 0 Å². The Labute approximate surface area is 114 Å². The van der Waals surface area contributed by atoms with Crippen LogP contribution in [0.15, 0.2) is 24.3 Å². The van der Waals surface area contributed by atoms with Crippen LogP contribution in [-0.4, -0.2) is 37.5 Å². The second-order valence-electron chi connectivity index (χ2n) is 4.65. The summed E-state index contributed by atoms with van der Waals surface area (Å²) in [6, 6.07) is 6.36. The number of aromatic hydroxyl groups is 1. The molecule has 1 aromatic carbocycles. The number of nitrogens with zero attached hydrogens (tertiary/aromatic N) is 2. The Kier molecular flexibility index (Phi) is 4.31. The molecule has 1 aliphatic heterocycles. The van der Waals surface area contributed by atoms with Gasteiger partial charge in [0.25, 0.3) is 0 Å². The second-order valence-corrected chi connectivity index (χ2v) is 6.50. The molecule has 106 valence electrons. The van der Waals surface area contributed by atoms with Crippen molar-refractivity contribution >= 4 is 15.9 Å². The van der Waals surface area contributed by atoms with Gasteiger partial charge in [0, 0.05) is 25.7 Å². The Morgan fingerprint density at radius 2 is 1.95 bits per heavy atom. The average Bonchev–Trinajstić information content (AvgIpc) is 2.40. The van der Waals surface area contributed by atoms with Crippen LogP contribution in [-0.2, 0) is 10.2 Å². The number of phenolic OH excluding ortho intramolecular Hbond substituents is 1. The molecule has 0 aromatic heterocycles. The van der Waals surface area contributed by atoms with E-state index >= 15 is 0 Å². The number of benzene rings is 1. The van der Waals surface area contributed by atoms with E-state index in [0.717, 1.165) is 19.3 Å². The molecule has 1 saturated heterocycles. The van der Waals surface area contributed by atoms with E-state index in [4.69, 9.17) is 0 Å². The lowest BCUT2D eigenvalue weighted by Crippen LogP contribution is -2.46. The normalized spacial score (nSPS) is 17.3. The van der Waals surface area contributed by atoms with E-state index in [9.17, 15) is 13.5 Å². The molecule has 0 aliphatic carbocycles. The SMILES string of the molecule is CCN(c1cccc(O)c1)S(=O)(=O)N1CCCCC1. The van der Waals surface area contributed by atoms with Crippen LogP contribution in [0.4, 0.5) is 5.69 Å². The average molecular weight is 284 g/mol. The third kappa shape index (κ3) is 3.01. The summed E-state index contributed by atoms with van der Waals surface area (Å²) in [6.07, 6.45) is 2.91. The predicted octanol–water partition coefficient (Wildman–Crippen LogP) is 1.95. The zero-order chi connectivity index (χ0) is 13.9. The molecule has 0 unspecified atom stereocenters. The molecular formula is C13H20N2O3S. The lowest BCUT2D eigenvalue weighted by Gasteiger charge is -2.32. The molecule has 0 amide bonds. The fourth-order valence-electron chi connectivity index (χ4n) is 2.36. The van der Waals surface area contributed by atoms with Gasteiger partial charge in [-0.05, 0) is 31.9 Å². The standard InChI is InChI=1S/C13H20N2O3S/c1-2-15(12-7-6-8-13(16)11-12)19(17,18)14-9-4-3-5-10-14/h6-8,11,16H,2-5,9-10H2,1H3. The highest BCUT2D eigenvalue weighted by Gasteiger charge is 2.29. The number of piperidine rings is 1. The summed E-state index contributed by atoms with van der Waals surface area (Å²) in [5, 5.41) is 9.50. The Morgan fingerprint density at radius 1 is 1.26 bits per heavy atom. The highest BCUT2D eigenvalue weighted by Crippen LogP contribution is 2.25. The van der Waals surface area contributed by atoms with E-state index in [1.54, 1.807) is 19.1 Å². The highest BCUT2D eigenvalue weighted by molar-refractivity contribution is 7.90. The van der Waals surface area contributed by atoms with Gasteiger partial charge in [0.05, 0.1) is 5.69 Å². The topological polar surface area (TPSA) is 60.9 Å². The minimum Gasteiger partial charge on any atom is -0.508 e. The Bertz CT molecular complexity index is 524. The maximum Gasteiger partial charge on any atom is 0.304 e. The van der Waals surface area contributed by atoms with Crippen LogP contribution in [0.2, 0.25) is 0 Å². The molecule has 1 N–H and O–H groups in total. The molecular weight excluding hydrogens is 264 g/mol. The molecule has 5 nitrogen and oxygen atoms in total. The summed E-state index contributed by atoms with van der Waals surface area (Å²) in [5.74, 6) is 0.0739. The number of anilines is 1. The third-order valence-electron chi connectivity index (χ3n) is 3.32. The van der Waals surface area contributed by atoms with Gasteiger partial charge in [-0.15, -0.1) is 0 Å². The molecule has 6 heteroatoms. The zero-order valence-corrected chi connectivity index (χ0v) is 11.9. The summed E-state index contributed by atoms with van der Waals surface area (Å²) in [6.45, 7) is 3.31. The van der Waals surface area contributed by atoms with Gasteiger partial charge in [0.2, 0.25) is 0 Å². The number of hydrogen-bond donors (Lipinski definition) is 1. The van der Waals surface area contributed by atoms with Gasteiger partial charge < -0.3 is 5.11 Å². The van der Waals surface area contributed by atoms with Crippen LogP contribution in [0.25, 0.3) is 0 Å². The first-order chi connectivity index (χ1) is 9.05. The van der Waals surface area contributed by atoms with Gasteiger partial charge in [-0.2, -0.15) is 12.7 Å². The van der Waals surface area contributed by atoms with Crippen molar-refractivity contribution in [3.05, 3.63) is 24.3 Å².